The van der Waals surface area contributed by atoms with E-state index in [9.17, 15) is 0 Å². The Kier molecular flexibility index (Phi) is 3.37. The Morgan fingerprint density at radius 2 is 1.70 bits per heavy atom. The number of rotatable bonds is 4. The molecular formula is C16H14N2O2. The monoisotopic (exact) mass is 266 g/mol. The van der Waals surface area contributed by atoms with Crippen LogP contribution in [0.2, 0.25) is 0 Å². The standard InChI is InChI=1S/C16H14N2O2/c1-19-14-8-5-9-15(10-14)20-16-11-17-18(12-16)13-6-3-2-4-7-13/h2-12H,1H3. The lowest BCUT2D eigenvalue weighted by Crippen LogP contribution is -1.92. The van der Waals surface area contributed by atoms with Crippen LogP contribution < -0.4 is 9.47 Å². The van der Waals surface area contributed by atoms with Gasteiger partial charge in [-0.1, -0.05) is 24.3 Å². The molecule has 2 aromatic carbocycles. The highest BCUT2D eigenvalue weighted by atomic mass is 16.5. The average Bonchev–Trinajstić information content (AvgIpc) is 2.97. The van der Waals surface area contributed by atoms with Crippen molar-refractivity contribution in [3.63, 3.8) is 0 Å². The summed E-state index contributed by atoms with van der Waals surface area (Å²) in [5.74, 6) is 2.16. The van der Waals surface area contributed by atoms with Crippen LogP contribution in [0.5, 0.6) is 17.2 Å². The Bertz CT molecular complexity index is 692. The first-order chi connectivity index (χ1) is 9.85. The number of hydrogen-bond donors (Lipinski definition) is 0. The van der Waals surface area contributed by atoms with E-state index in [-0.39, 0.29) is 0 Å². The Morgan fingerprint density at radius 1 is 0.900 bits per heavy atom. The third kappa shape index (κ3) is 2.64. The Labute approximate surface area is 117 Å². The van der Waals surface area contributed by atoms with Gasteiger partial charge in [0, 0.05) is 6.07 Å². The van der Waals surface area contributed by atoms with Gasteiger partial charge in [0.25, 0.3) is 0 Å². The van der Waals surface area contributed by atoms with Gasteiger partial charge in [-0.2, -0.15) is 5.10 Å². The molecule has 0 amide bonds. The van der Waals surface area contributed by atoms with Gasteiger partial charge in [-0.15, -0.1) is 0 Å². The van der Waals surface area contributed by atoms with Crippen LogP contribution in [0.15, 0.2) is 67.0 Å². The van der Waals surface area contributed by atoms with Gasteiger partial charge in [0.15, 0.2) is 5.75 Å². The number of benzene rings is 2. The SMILES string of the molecule is COc1cccc(Oc2cnn(-c3ccccc3)c2)c1. The van der Waals surface area contributed by atoms with E-state index in [0.717, 1.165) is 17.2 Å². The van der Waals surface area contributed by atoms with Crippen LogP contribution in [-0.4, -0.2) is 16.9 Å². The summed E-state index contributed by atoms with van der Waals surface area (Å²) in [6.45, 7) is 0. The Hall–Kier alpha value is -2.75. The predicted octanol–water partition coefficient (Wildman–Crippen LogP) is 3.67. The first-order valence-electron chi connectivity index (χ1n) is 6.27. The molecule has 4 heteroatoms. The molecule has 100 valence electrons. The fraction of sp³-hybridized carbons (Fsp3) is 0.0625. The van der Waals surface area contributed by atoms with Crippen molar-refractivity contribution in [2.45, 2.75) is 0 Å². The fourth-order valence-corrected chi connectivity index (χ4v) is 1.88. The highest BCUT2D eigenvalue weighted by molar-refractivity contribution is 5.37. The van der Waals surface area contributed by atoms with Crippen molar-refractivity contribution >= 4 is 0 Å². The van der Waals surface area contributed by atoms with E-state index in [2.05, 4.69) is 5.10 Å². The molecule has 0 aliphatic heterocycles. The zero-order valence-corrected chi connectivity index (χ0v) is 11.1. The van der Waals surface area contributed by atoms with Gasteiger partial charge in [-0.05, 0) is 24.3 Å². The summed E-state index contributed by atoms with van der Waals surface area (Å²) in [4.78, 5) is 0. The molecule has 1 heterocycles. The molecule has 0 aliphatic carbocycles. The number of para-hydroxylation sites is 1. The van der Waals surface area contributed by atoms with E-state index in [1.165, 1.54) is 0 Å². The van der Waals surface area contributed by atoms with E-state index in [1.807, 2.05) is 60.8 Å². The number of methoxy groups -OCH3 is 1. The van der Waals surface area contributed by atoms with E-state index < -0.39 is 0 Å². The molecule has 0 bridgehead atoms. The van der Waals surface area contributed by atoms with Crippen LogP contribution in [0.3, 0.4) is 0 Å². The molecule has 0 spiro atoms. The van der Waals surface area contributed by atoms with Gasteiger partial charge in [0.2, 0.25) is 0 Å². The lowest BCUT2D eigenvalue weighted by Gasteiger charge is -2.04. The molecule has 0 atom stereocenters. The van der Waals surface area contributed by atoms with Crippen LogP contribution in [0.4, 0.5) is 0 Å². The first-order valence-corrected chi connectivity index (χ1v) is 6.27. The normalized spacial score (nSPS) is 10.2. The van der Waals surface area contributed by atoms with Gasteiger partial charge >= 0.3 is 0 Å². The van der Waals surface area contributed by atoms with Crippen molar-refractivity contribution in [2.24, 2.45) is 0 Å². The van der Waals surface area contributed by atoms with E-state index in [0.29, 0.717) is 5.75 Å². The van der Waals surface area contributed by atoms with Crippen molar-refractivity contribution in [3.8, 4) is 22.9 Å². The molecule has 0 radical (unpaired) electrons. The Morgan fingerprint density at radius 3 is 2.50 bits per heavy atom. The summed E-state index contributed by atoms with van der Waals surface area (Å²) in [5, 5.41) is 4.29. The summed E-state index contributed by atoms with van der Waals surface area (Å²) >= 11 is 0. The smallest absolute Gasteiger partial charge is 0.165 e. The van der Waals surface area contributed by atoms with E-state index in [4.69, 9.17) is 9.47 Å². The van der Waals surface area contributed by atoms with E-state index in [1.54, 1.807) is 18.0 Å². The zero-order valence-electron chi connectivity index (χ0n) is 11.1. The van der Waals surface area contributed by atoms with Gasteiger partial charge in [0.1, 0.15) is 11.5 Å². The quantitative estimate of drug-likeness (QED) is 0.722. The number of ether oxygens (including phenoxy) is 2. The predicted molar refractivity (Wildman–Crippen MR) is 76.6 cm³/mol. The van der Waals surface area contributed by atoms with Crippen molar-refractivity contribution in [3.05, 3.63) is 67.0 Å². The lowest BCUT2D eigenvalue weighted by atomic mass is 10.3. The second kappa shape index (κ2) is 5.48. The van der Waals surface area contributed by atoms with Crippen molar-refractivity contribution < 1.29 is 9.47 Å². The fourth-order valence-electron chi connectivity index (χ4n) is 1.88. The number of nitrogens with zero attached hydrogens (tertiary/aromatic N) is 2. The maximum absolute atomic E-state index is 5.76. The van der Waals surface area contributed by atoms with Crippen LogP contribution in [0.1, 0.15) is 0 Å². The molecular weight excluding hydrogens is 252 g/mol. The molecule has 0 aliphatic rings. The van der Waals surface area contributed by atoms with Gasteiger partial charge in [0.05, 0.1) is 25.2 Å². The number of aromatic nitrogens is 2. The first kappa shape index (κ1) is 12.3. The maximum atomic E-state index is 5.76. The number of hydrogen-bond acceptors (Lipinski definition) is 3. The highest BCUT2D eigenvalue weighted by Crippen LogP contribution is 2.25. The van der Waals surface area contributed by atoms with E-state index >= 15 is 0 Å². The molecule has 3 rings (SSSR count). The lowest BCUT2D eigenvalue weighted by molar-refractivity contribution is 0.409. The summed E-state index contributed by atoms with van der Waals surface area (Å²) in [6, 6.07) is 17.4. The highest BCUT2D eigenvalue weighted by Gasteiger charge is 2.03. The molecule has 0 saturated carbocycles. The molecule has 0 N–H and O–H groups in total. The van der Waals surface area contributed by atoms with Crippen molar-refractivity contribution in [1.82, 2.24) is 9.78 Å². The van der Waals surface area contributed by atoms with Gasteiger partial charge in [-0.25, -0.2) is 4.68 Å². The van der Waals surface area contributed by atoms with Crippen LogP contribution in [0.25, 0.3) is 5.69 Å². The van der Waals surface area contributed by atoms with Crippen LogP contribution in [-0.2, 0) is 0 Å². The zero-order chi connectivity index (χ0) is 13.8. The summed E-state index contributed by atoms with van der Waals surface area (Å²) < 4.78 is 12.7. The maximum Gasteiger partial charge on any atom is 0.165 e. The summed E-state index contributed by atoms with van der Waals surface area (Å²) in [5.41, 5.74) is 0.994. The van der Waals surface area contributed by atoms with Crippen molar-refractivity contribution in [2.75, 3.05) is 7.11 Å². The molecule has 0 saturated heterocycles. The minimum Gasteiger partial charge on any atom is -0.497 e. The van der Waals surface area contributed by atoms with Gasteiger partial charge < -0.3 is 9.47 Å². The summed E-state index contributed by atoms with van der Waals surface area (Å²) in [6.07, 6.45) is 3.53. The second-order valence-corrected chi connectivity index (χ2v) is 4.24. The molecule has 1 aromatic heterocycles. The van der Waals surface area contributed by atoms with Crippen molar-refractivity contribution in [1.29, 1.82) is 0 Å². The van der Waals surface area contributed by atoms with Crippen LogP contribution >= 0.6 is 0 Å². The Balaban J connectivity index is 1.80. The minimum atomic E-state index is 0.683. The average molecular weight is 266 g/mol. The second-order valence-electron chi connectivity index (χ2n) is 4.24. The molecule has 0 fully saturated rings. The minimum absolute atomic E-state index is 0.683. The topological polar surface area (TPSA) is 36.3 Å². The molecule has 4 nitrogen and oxygen atoms in total. The van der Waals surface area contributed by atoms with Crippen LogP contribution in [0, 0.1) is 0 Å². The third-order valence-corrected chi connectivity index (χ3v) is 2.86. The largest absolute Gasteiger partial charge is 0.497 e. The molecule has 20 heavy (non-hydrogen) atoms. The van der Waals surface area contributed by atoms with Gasteiger partial charge in [-0.3, -0.25) is 0 Å². The summed E-state index contributed by atoms with van der Waals surface area (Å²) in [7, 11) is 1.63. The molecule has 3 aromatic rings. The third-order valence-electron chi connectivity index (χ3n) is 2.86. The molecule has 0 unspecified atom stereocenters.